The third-order valence-corrected chi connectivity index (χ3v) is 12.2. The largest absolute Gasteiger partial charge is 0.446 e. The van der Waals surface area contributed by atoms with Crippen LogP contribution in [0, 0.1) is 0 Å². The predicted octanol–water partition coefficient (Wildman–Crippen LogP) is 9.19. The van der Waals surface area contributed by atoms with E-state index in [0.717, 1.165) is 61.3 Å². The fourth-order valence-electron chi connectivity index (χ4n) is 8.69. The van der Waals surface area contributed by atoms with Crippen LogP contribution in [0.5, 0.6) is 0 Å². The van der Waals surface area contributed by atoms with E-state index in [4.69, 9.17) is 24.8 Å². The number of nitrogens with zero attached hydrogens (tertiary/aromatic N) is 11. The van der Waals surface area contributed by atoms with Crippen LogP contribution in [0.4, 0.5) is 0 Å². The van der Waals surface area contributed by atoms with Crippen molar-refractivity contribution >= 4 is 32.7 Å². The Morgan fingerprint density at radius 3 is 1.38 bits per heavy atom. The Labute approximate surface area is 408 Å². The molecule has 12 aromatic rings. The van der Waals surface area contributed by atoms with E-state index in [0.29, 0.717) is 42.7 Å². The molecule has 0 saturated carbocycles. The number of aromatic nitrogens is 11. The Bertz CT molecular complexity index is 3560. The number of fused-ring (bicyclic) bond motifs is 3. The monoisotopic (exact) mass is 941 g/mol. The summed E-state index contributed by atoms with van der Waals surface area (Å²) in [5.74, 6) is 1.69. The average molecular weight is 942 g/mol. The summed E-state index contributed by atoms with van der Waals surface area (Å²) in [6.45, 7) is 1.73. The van der Waals surface area contributed by atoms with Crippen LogP contribution in [0.15, 0.2) is 187 Å². The lowest BCUT2D eigenvalue weighted by molar-refractivity contribution is 0.240. The molecule has 0 bridgehead atoms. The second kappa shape index (κ2) is 20.9. The first kappa shape index (κ1) is 46.0. The van der Waals surface area contributed by atoms with Crippen molar-refractivity contribution in [3.63, 3.8) is 0 Å². The summed E-state index contributed by atoms with van der Waals surface area (Å²) in [5, 5.41) is 45.4. The maximum Gasteiger partial charge on any atom is 0.220 e. The number of hydrogen-bond donors (Lipinski definition) is 3. The zero-order valence-corrected chi connectivity index (χ0v) is 39.2. The van der Waals surface area contributed by atoms with Gasteiger partial charge < -0.3 is 28.9 Å². The molecule has 15 heteroatoms. The lowest BCUT2D eigenvalue weighted by Gasteiger charge is -2.03. The molecule has 6 heterocycles. The second-order valence-corrected chi connectivity index (χ2v) is 16.9. The number of rotatable bonds is 12. The van der Waals surface area contributed by atoms with E-state index in [1.54, 1.807) is 6.20 Å². The first-order chi connectivity index (χ1) is 34.9. The van der Waals surface area contributed by atoms with Gasteiger partial charge in [0, 0.05) is 36.5 Å². The number of oxazole rings is 1. The lowest BCUT2D eigenvalue weighted by Crippen LogP contribution is -2.02. The highest BCUT2D eigenvalue weighted by atomic mass is 16.4. The van der Waals surface area contributed by atoms with Gasteiger partial charge in [0.15, 0.2) is 5.82 Å². The molecular weight excluding hydrogens is 891 g/mol. The summed E-state index contributed by atoms with van der Waals surface area (Å²) in [6, 6.07) is 55.2. The number of aryl methyl sites for hydroxylation is 1. The van der Waals surface area contributed by atoms with Crippen LogP contribution >= 0.6 is 0 Å². The molecule has 0 aliphatic carbocycles. The number of benzene rings is 6. The lowest BCUT2D eigenvalue weighted by atomic mass is 10.1. The van der Waals surface area contributed by atoms with Crippen LogP contribution in [-0.2, 0) is 53.6 Å². The van der Waals surface area contributed by atoms with Gasteiger partial charge in [-0.3, -0.25) is 14.0 Å². The molecule has 0 spiro atoms. The zero-order valence-electron chi connectivity index (χ0n) is 39.2. The van der Waals surface area contributed by atoms with Gasteiger partial charge in [-0.15, -0.1) is 0 Å². The number of aliphatic hydroxyl groups excluding tert-OH is 3. The molecule has 0 fully saturated rings. The highest BCUT2D eigenvalue weighted by Crippen LogP contribution is 2.31. The molecule has 3 N–H and O–H groups in total. The molecule has 354 valence electrons. The van der Waals surface area contributed by atoms with Crippen LogP contribution in [-0.4, -0.2) is 68.7 Å². The van der Waals surface area contributed by atoms with Gasteiger partial charge in [0.1, 0.15) is 48.1 Å². The van der Waals surface area contributed by atoms with Gasteiger partial charge in [-0.25, -0.2) is 15.0 Å². The topological polar surface area (TPSA) is 176 Å². The minimum Gasteiger partial charge on any atom is -0.446 e. The summed E-state index contributed by atoms with van der Waals surface area (Å²) < 4.78 is 15.0. The number of imidazole rings is 2. The van der Waals surface area contributed by atoms with Gasteiger partial charge in [0.2, 0.25) is 5.89 Å². The van der Waals surface area contributed by atoms with Gasteiger partial charge in [0.25, 0.3) is 0 Å². The van der Waals surface area contributed by atoms with Crippen molar-refractivity contribution in [1.82, 2.24) is 53.4 Å². The summed E-state index contributed by atoms with van der Waals surface area (Å²) in [4.78, 5) is 13.1. The Morgan fingerprint density at radius 1 is 0.479 bits per heavy atom. The van der Waals surface area contributed by atoms with E-state index < -0.39 is 0 Å². The Balaban J connectivity index is 0.000000123. The van der Waals surface area contributed by atoms with Crippen molar-refractivity contribution in [1.29, 1.82) is 0 Å². The molecule has 71 heavy (non-hydrogen) atoms. The normalized spacial score (nSPS) is 11.2. The molecule has 0 amide bonds. The van der Waals surface area contributed by atoms with E-state index in [9.17, 15) is 10.2 Å². The maximum atomic E-state index is 9.38. The van der Waals surface area contributed by atoms with E-state index in [1.807, 2.05) is 147 Å². The average Bonchev–Trinajstić information content (AvgIpc) is 4.30. The van der Waals surface area contributed by atoms with Gasteiger partial charge in [-0.1, -0.05) is 146 Å². The van der Waals surface area contributed by atoms with Crippen LogP contribution in [0.25, 0.3) is 67.0 Å². The van der Waals surface area contributed by atoms with Crippen LogP contribution in [0.2, 0.25) is 0 Å². The number of para-hydroxylation sites is 3. The molecule has 6 aromatic carbocycles. The van der Waals surface area contributed by atoms with Crippen molar-refractivity contribution < 1.29 is 19.7 Å². The maximum absolute atomic E-state index is 9.38. The van der Waals surface area contributed by atoms with Crippen molar-refractivity contribution in [3.8, 4) is 34.3 Å². The minimum atomic E-state index is -0.220. The summed E-state index contributed by atoms with van der Waals surface area (Å²) in [7, 11) is 3.82. The highest BCUT2D eigenvalue weighted by Gasteiger charge is 2.19. The first-order valence-corrected chi connectivity index (χ1v) is 23.2. The van der Waals surface area contributed by atoms with Crippen molar-refractivity contribution in [2.24, 2.45) is 14.1 Å². The van der Waals surface area contributed by atoms with Crippen LogP contribution < -0.4 is 0 Å². The van der Waals surface area contributed by atoms with Crippen molar-refractivity contribution in [2.75, 3.05) is 0 Å². The summed E-state index contributed by atoms with van der Waals surface area (Å²) in [6.07, 6.45) is 5.14. The van der Waals surface area contributed by atoms with Crippen molar-refractivity contribution in [2.45, 2.75) is 39.5 Å². The zero-order chi connectivity index (χ0) is 48.7. The van der Waals surface area contributed by atoms with Crippen LogP contribution in [0.1, 0.15) is 34.1 Å². The standard InChI is InChI=1S/2C19H18N4O.C18H15N3O2/c1-22-17(11-20-18(22)13-24)19-15-9-5-6-10-16(15)23(21-19)12-14-7-3-2-4-8-14;1-22-12-15(13-24)20-19(22)18-16-9-5-6-10-17(16)23(21-18)11-14-7-3-2-4-8-14;22-11-17-19-15(12-23-17)18-14-8-4-5-9-16(14)21(20-18)10-13-6-2-1-3-7-13/h2-11,24H,12-13H2,1H3;2-10,12,24H,11,13H2,1H3;1-9,12,22H,10-11H2. The van der Waals surface area contributed by atoms with Gasteiger partial charge >= 0.3 is 0 Å². The van der Waals surface area contributed by atoms with E-state index in [-0.39, 0.29) is 19.8 Å². The molecule has 0 aliphatic rings. The smallest absolute Gasteiger partial charge is 0.220 e. The SMILES string of the molecule is Cn1c(-c2nn(Cc3ccccc3)c3ccccc23)cnc1CO.Cn1cc(CO)nc1-c1nn(Cc2ccccc2)c2ccccc12.OCc1nc(-c2nn(Cc3ccccc3)c3ccccc23)co1. The molecule has 6 aromatic heterocycles. The summed E-state index contributed by atoms with van der Waals surface area (Å²) in [5.41, 5.74) is 11.5. The molecule has 12 rings (SSSR count). The molecule has 0 unspecified atom stereocenters. The fraction of sp³-hybridized carbons (Fsp3) is 0.143. The Kier molecular flexibility index (Phi) is 13.5. The molecular formula is C56H51N11O4. The van der Waals surface area contributed by atoms with Gasteiger partial charge in [-0.2, -0.15) is 15.3 Å². The fourth-order valence-corrected chi connectivity index (χ4v) is 8.69. The molecule has 0 saturated heterocycles. The van der Waals surface area contributed by atoms with E-state index in [2.05, 4.69) is 75.6 Å². The first-order valence-electron chi connectivity index (χ1n) is 23.2. The van der Waals surface area contributed by atoms with Gasteiger partial charge in [-0.05, 0) is 34.9 Å². The quantitative estimate of drug-likeness (QED) is 0.107. The van der Waals surface area contributed by atoms with Crippen molar-refractivity contribution in [3.05, 3.63) is 217 Å². The van der Waals surface area contributed by atoms with Gasteiger partial charge in [0.05, 0.1) is 60.4 Å². The third-order valence-electron chi connectivity index (χ3n) is 12.2. The third kappa shape index (κ3) is 9.78. The number of aliphatic hydroxyl groups is 3. The molecule has 15 nitrogen and oxygen atoms in total. The summed E-state index contributed by atoms with van der Waals surface area (Å²) >= 11 is 0. The van der Waals surface area contributed by atoms with E-state index >= 15 is 0 Å². The molecule has 0 atom stereocenters. The molecule has 0 aliphatic heterocycles. The second-order valence-electron chi connectivity index (χ2n) is 16.9. The number of hydrogen-bond acceptors (Lipinski definition) is 10. The molecule has 0 radical (unpaired) electrons. The predicted molar refractivity (Wildman–Crippen MR) is 274 cm³/mol. The van der Waals surface area contributed by atoms with E-state index in [1.165, 1.54) is 23.0 Å². The van der Waals surface area contributed by atoms with Crippen LogP contribution in [0.3, 0.4) is 0 Å². The Hall–Kier alpha value is -8.76. The minimum absolute atomic E-state index is 0.0729. The Morgan fingerprint density at radius 2 is 0.930 bits per heavy atom. The highest BCUT2D eigenvalue weighted by molar-refractivity contribution is 5.94.